The molecule has 0 heterocycles. The number of hydrogen-bond acceptors (Lipinski definition) is 3. The first-order chi connectivity index (χ1) is 10.1. The van der Waals surface area contributed by atoms with Crippen molar-refractivity contribution in [3.8, 4) is 0 Å². The van der Waals surface area contributed by atoms with Crippen LogP contribution in [0.2, 0.25) is 0 Å². The lowest BCUT2D eigenvalue weighted by atomic mass is 10.1. The second kappa shape index (κ2) is 9.13. The number of ether oxygens (including phenoxy) is 1. The molecule has 0 spiro atoms. The molecule has 0 aromatic heterocycles. The van der Waals surface area contributed by atoms with Crippen LogP contribution in [0.3, 0.4) is 0 Å². The number of hydrogen-bond donors (Lipinski definition) is 1. The molecule has 0 fully saturated rings. The van der Waals surface area contributed by atoms with Gasteiger partial charge in [0.1, 0.15) is 0 Å². The molecular formula is C16H24N2O3. The van der Waals surface area contributed by atoms with Crippen molar-refractivity contribution >= 4 is 17.5 Å². The highest BCUT2D eigenvalue weighted by Crippen LogP contribution is 2.15. The van der Waals surface area contributed by atoms with Crippen LogP contribution in [-0.2, 0) is 20.7 Å². The summed E-state index contributed by atoms with van der Waals surface area (Å²) in [6, 6.07) is 7.74. The Morgan fingerprint density at radius 3 is 2.57 bits per heavy atom. The Hall–Kier alpha value is -1.88. The van der Waals surface area contributed by atoms with Gasteiger partial charge in [0.05, 0.1) is 6.61 Å². The SMILES string of the molecule is CCc1ccccc1NC(=O)CCN(CCOC)C(C)=O. The molecule has 0 bridgehead atoms. The number of rotatable bonds is 8. The van der Waals surface area contributed by atoms with Gasteiger partial charge in [-0.25, -0.2) is 0 Å². The van der Waals surface area contributed by atoms with Crippen LogP contribution in [-0.4, -0.2) is 43.5 Å². The van der Waals surface area contributed by atoms with Crippen molar-refractivity contribution in [3.05, 3.63) is 29.8 Å². The molecule has 1 rings (SSSR count). The number of benzene rings is 1. The second-order valence-corrected chi connectivity index (χ2v) is 4.81. The maximum Gasteiger partial charge on any atom is 0.226 e. The second-order valence-electron chi connectivity index (χ2n) is 4.81. The molecule has 0 saturated heterocycles. The Morgan fingerprint density at radius 2 is 1.95 bits per heavy atom. The van der Waals surface area contributed by atoms with Gasteiger partial charge in [-0.2, -0.15) is 0 Å². The Bertz CT molecular complexity index is 474. The highest BCUT2D eigenvalue weighted by Gasteiger charge is 2.11. The molecule has 1 aromatic carbocycles. The molecule has 0 atom stereocenters. The Morgan fingerprint density at radius 1 is 1.24 bits per heavy atom. The number of anilines is 1. The summed E-state index contributed by atoms with van der Waals surface area (Å²) < 4.78 is 4.96. The molecule has 0 radical (unpaired) electrons. The molecule has 0 unspecified atom stereocenters. The molecule has 5 nitrogen and oxygen atoms in total. The minimum Gasteiger partial charge on any atom is -0.383 e. The largest absolute Gasteiger partial charge is 0.383 e. The van der Waals surface area contributed by atoms with Crippen LogP contribution in [0, 0.1) is 0 Å². The van der Waals surface area contributed by atoms with Crippen LogP contribution in [0.1, 0.15) is 25.8 Å². The van der Waals surface area contributed by atoms with E-state index in [1.165, 1.54) is 6.92 Å². The van der Waals surface area contributed by atoms with E-state index in [4.69, 9.17) is 4.74 Å². The highest BCUT2D eigenvalue weighted by molar-refractivity contribution is 5.91. The molecule has 1 aromatic rings. The van der Waals surface area contributed by atoms with Gasteiger partial charge >= 0.3 is 0 Å². The van der Waals surface area contributed by atoms with Crippen LogP contribution in [0.4, 0.5) is 5.69 Å². The lowest BCUT2D eigenvalue weighted by Gasteiger charge is -2.20. The fourth-order valence-corrected chi connectivity index (χ4v) is 2.03. The van der Waals surface area contributed by atoms with Crippen LogP contribution in [0.25, 0.3) is 0 Å². The molecule has 0 aliphatic rings. The molecule has 116 valence electrons. The third-order valence-corrected chi connectivity index (χ3v) is 3.29. The third-order valence-electron chi connectivity index (χ3n) is 3.29. The maximum absolute atomic E-state index is 12.0. The average molecular weight is 292 g/mol. The lowest BCUT2D eigenvalue weighted by Crippen LogP contribution is -2.34. The summed E-state index contributed by atoms with van der Waals surface area (Å²) in [7, 11) is 1.59. The van der Waals surface area contributed by atoms with Crippen LogP contribution >= 0.6 is 0 Å². The van der Waals surface area contributed by atoms with E-state index >= 15 is 0 Å². The number of para-hydroxylation sites is 1. The number of methoxy groups -OCH3 is 1. The molecule has 21 heavy (non-hydrogen) atoms. The van der Waals surface area contributed by atoms with E-state index < -0.39 is 0 Å². The summed E-state index contributed by atoms with van der Waals surface area (Å²) in [5.41, 5.74) is 1.95. The van der Waals surface area contributed by atoms with Gasteiger partial charge in [0.2, 0.25) is 11.8 Å². The normalized spacial score (nSPS) is 10.2. The van der Waals surface area contributed by atoms with Gasteiger partial charge in [0.15, 0.2) is 0 Å². The van der Waals surface area contributed by atoms with Gasteiger partial charge in [-0.3, -0.25) is 9.59 Å². The summed E-state index contributed by atoms with van der Waals surface area (Å²) >= 11 is 0. The smallest absolute Gasteiger partial charge is 0.226 e. The maximum atomic E-state index is 12.0. The van der Waals surface area contributed by atoms with Gasteiger partial charge in [-0.1, -0.05) is 25.1 Å². The van der Waals surface area contributed by atoms with E-state index in [1.807, 2.05) is 31.2 Å². The zero-order valence-corrected chi connectivity index (χ0v) is 13.0. The summed E-state index contributed by atoms with van der Waals surface area (Å²) in [4.78, 5) is 25.1. The van der Waals surface area contributed by atoms with E-state index in [0.717, 1.165) is 17.7 Å². The number of nitrogens with one attached hydrogen (secondary N) is 1. The Kier molecular flexibility index (Phi) is 7.46. The molecule has 0 aliphatic carbocycles. The Balaban J connectivity index is 2.51. The van der Waals surface area contributed by atoms with E-state index in [1.54, 1.807) is 12.0 Å². The molecule has 5 heteroatoms. The minimum atomic E-state index is -0.0837. The van der Waals surface area contributed by atoms with Gasteiger partial charge in [0, 0.05) is 39.2 Å². The fourth-order valence-electron chi connectivity index (χ4n) is 2.03. The van der Waals surface area contributed by atoms with Gasteiger partial charge < -0.3 is 15.0 Å². The van der Waals surface area contributed by atoms with Gasteiger partial charge in [-0.15, -0.1) is 0 Å². The highest BCUT2D eigenvalue weighted by atomic mass is 16.5. The standard InChI is InChI=1S/C16H24N2O3/c1-4-14-7-5-6-8-15(14)17-16(20)9-10-18(13(2)19)11-12-21-3/h5-8H,4,9-12H2,1-3H3,(H,17,20). The van der Waals surface area contributed by atoms with E-state index in [-0.39, 0.29) is 18.2 Å². The number of carbonyl (C=O) groups excluding carboxylic acids is 2. The number of nitrogens with zero attached hydrogens (tertiary/aromatic N) is 1. The van der Waals surface area contributed by atoms with Crippen molar-refractivity contribution in [2.24, 2.45) is 0 Å². The molecule has 1 N–H and O–H groups in total. The van der Waals surface area contributed by atoms with Crippen LogP contribution in [0.15, 0.2) is 24.3 Å². The monoisotopic (exact) mass is 292 g/mol. The predicted molar refractivity (Wildman–Crippen MR) is 83.2 cm³/mol. The zero-order chi connectivity index (χ0) is 15.7. The third kappa shape index (κ3) is 5.95. The number of aryl methyl sites for hydroxylation is 1. The van der Waals surface area contributed by atoms with Crippen molar-refractivity contribution in [1.82, 2.24) is 4.90 Å². The fraction of sp³-hybridized carbons (Fsp3) is 0.500. The minimum absolute atomic E-state index is 0.0474. The van der Waals surface area contributed by atoms with E-state index in [2.05, 4.69) is 5.32 Å². The predicted octanol–water partition coefficient (Wildman–Crippen LogP) is 2.07. The van der Waals surface area contributed by atoms with E-state index in [0.29, 0.717) is 19.7 Å². The molecule has 0 aliphatic heterocycles. The number of amides is 2. The van der Waals surface area contributed by atoms with Crippen LogP contribution < -0.4 is 5.32 Å². The van der Waals surface area contributed by atoms with Crippen molar-refractivity contribution < 1.29 is 14.3 Å². The van der Waals surface area contributed by atoms with Crippen molar-refractivity contribution in [1.29, 1.82) is 0 Å². The first kappa shape index (κ1) is 17.2. The molecular weight excluding hydrogens is 268 g/mol. The Labute approximate surface area is 126 Å². The summed E-state index contributed by atoms with van der Waals surface area (Å²) in [6.45, 7) is 4.93. The quantitative estimate of drug-likeness (QED) is 0.798. The lowest BCUT2D eigenvalue weighted by molar-refractivity contribution is -0.130. The van der Waals surface area contributed by atoms with Gasteiger partial charge in [-0.05, 0) is 18.1 Å². The topological polar surface area (TPSA) is 58.6 Å². The number of carbonyl (C=O) groups is 2. The summed E-state index contributed by atoms with van der Waals surface area (Å²) in [6.07, 6.45) is 1.14. The molecule has 0 saturated carbocycles. The van der Waals surface area contributed by atoms with Gasteiger partial charge in [0.25, 0.3) is 0 Å². The summed E-state index contributed by atoms with van der Waals surface area (Å²) in [5, 5.41) is 2.90. The zero-order valence-electron chi connectivity index (χ0n) is 13.0. The van der Waals surface area contributed by atoms with Crippen LogP contribution in [0.5, 0.6) is 0 Å². The first-order valence-electron chi connectivity index (χ1n) is 7.20. The van der Waals surface area contributed by atoms with Crippen molar-refractivity contribution in [2.45, 2.75) is 26.7 Å². The van der Waals surface area contributed by atoms with Crippen molar-refractivity contribution in [2.75, 3.05) is 32.1 Å². The first-order valence-corrected chi connectivity index (χ1v) is 7.20. The molecule has 2 amide bonds. The van der Waals surface area contributed by atoms with E-state index in [9.17, 15) is 9.59 Å². The summed E-state index contributed by atoms with van der Waals surface area (Å²) in [5.74, 6) is -0.131. The average Bonchev–Trinajstić information content (AvgIpc) is 2.47. The van der Waals surface area contributed by atoms with Crippen molar-refractivity contribution in [3.63, 3.8) is 0 Å².